The Bertz CT molecular complexity index is 1310. The van der Waals surface area contributed by atoms with Crippen LogP contribution in [0.3, 0.4) is 0 Å². The molecule has 0 aliphatic heterocycles. The third-order valence-electron chi connectivity index (χ3n) is 6.06. The number of aliphatic carboxylic acids is 4. The maximum absolute atomic E-state index is 12.1. The Morgan fingerprint density at radius 3 is 1.81 bits per heavy atom. The van der Waals surface area contributed by atoms with E-state index in [9.17, 15) is 24.0 Å². The molecule has 264 valence electrons. The molecule has 0 bridgehead atoms. The Morgan fingerprint density at radius 1 is 0.812 bits per heavy atom. The molecule has 2 aromatic rings. The number of anilines is 2. The first-order valence-electron chi connectivity index (χ1n) is 15.2. The number of nitrogen functional groups attached to an aromatic ring is 1. The number of esters is 1. The molecule has 1 heterocycles. The third kappa shape index (κ3) is 23.1. The second kappa shape index (κ2) is 24.9. The zero-order chi connectivity index (χ0) is 36.5. The van der Waals surface area contributed by atoms with Crippen molar-refractivity contribution in [1.29, 1.82) is 0 Å². The summed E-state index contributed by atoms with van der Waals surface area (Å²) in [4.78, 5) is 61.2. The van der Waals surface area contributed by atoms with Crippen LogP contribution in [0.5, 0.6) is 0 Å². The van der Waals surface area contributed by atoms with Crippen LogP contribution in [-0.2, 0) is 41.6 Å². The van der Waals surface area contributed by atoms with Crippen molar-refractivity contribution in [3.05, 3.63) is 71.0 Å². The lowest BCUT2D eigenvalue weighted by Crippen LogP contribution is -2.14. The number of carboxylic acids is 4. The van der Waals surface area contributed by atoms with E-state index in [-0.39, 0.29) is 5.97 Å². The quantitative estimate of drug-likeness (QED) is 0.0754. The molecule has 0 unspecified atom stereocenters. The summed E-state index contributed by atoms with van der Waals surface area (Å²) in [6, 6.07) is 8.08. The summed E-state index contributed by atoms with van der Waals surface area (Å²) < 4.78 is 5.36. The third-order valence-corrected chi connectivity index (χ3v) is 6.06. The zero-order valence-corrected chi connectivity index (χ0v) is 27.8. The average molecular weight is 674 g/mol. The summed E-state index contributed by atoms with van der Waals surface area (Å²) in [6.45, 7) is 6.51. The van der Waals surface area contributed by atoms with Crippen LogP contribution in [0, 0.1) is 6.92 Å². The van der Waals surface area contributed by atoms with Crippen LogP contribution in [0.2, 0.25) is 0 Å². The predicted octanol–water partition coefficient (Wildman–Crippen LogP) is 3.41. The van der Waals surface area contributed by atoms with Crippen molar-refractivity contribution in [2.24, 2.45) is 0 Å². The number of nitrogens with two attached hydrogens (primary N) is 1. The number of carboxylic acid groups (broad SMARTS) is 4. The molecule has 1 aromatic heterocycles. The fraction of sp³-hybridized carbons (Fsp3) is 0.424. The molecule has 7 N–H and O–H groups in total. The number of carbonyl (C=O) groups excluding carboxylic acids is 1. The zero-order valence-electron chi connectivity index (χ0n) is 27.8. The molecule has 0 aliphatic carbocycles. The molecule has 0 saturated carbocycles. The maximum atomic E-state index is 12.1. The van der Waals surface area contributed by atoms with Crippen molar-refractivity contribution in [3.63, 3.8) is 0 Å². The number of hydrogen-bond acceptors (Lipinski definition) is 11. The number of rotatable bonds is 18. The van der Waals surface area contributed by atoms with Crippen molar-refractivity contribution in [2.45, 2.75) is 58.8 Å². The molecule has 1 aromatic carbocycles. The van der Waals surface area contributed by atoms with Gasteiger partial charge >= 0.3 is 29.8 Å². The molecule has 0 amide bonds. The van der Waals surface area contributed by atoms with E-state index < -0.39 is 23.9 Å². The molecule has 0 aliphatic rings. The number of unbranched alkanes of at least 4 members (excludes halogenated alkanes) is 3. The number of ether oxygens (including phenoxy) is 1. The van der Waals surface area contributed by atoms with Gasteiger partial charge in [0.25, 0.3) is 0 Å². The van der Waals surface area contributed by atoms with Gasteiger partial charge in [-0.25, -0.2) is 24.2 Å². The maximum Gasteiger partial charge on any atom is 0.328 e. The molecule has 15 nitrogen and oxygen atoms in total. The second-order valence-electron chi connectivity index (χ2n) is 10.5. The van der Waals surface area contributed by atoms with Crippen molar-refractivity contribution < 1.29 is 49.1 Å². The Morgan fingerprint density at radius 2 is 1.33 bits per heavy atom. The lowest BCUT2D eigenvalue weighted by atomic mass is 10.0. The highest BCUT2D eigenvalue weighted by Crippen LogP contribution is 2.22. The first kappa shape index (κ1) is 42.7. The van der Waals surface area contributed by atoms with Crippen LogP contribution >= 0.6 is 0 Å². The summed E-state index contributed by atoms with van der Waals surface area (Å²) >= 11 is 0. The molecule has 0 spiro atoms. The van der Waals surface area contributed by atoms with Gasteiger partial charge in [0, 0.05) is 48.5 Å². The highest BCUT2D eigenvalue weighted by molar-refractivity contribution is 5.90. The predicted molar refractivity (Wildman–Crippen MR) is 180 cm³/mol. The van der Waals surface area contributed by atoms with Gasteiger partial charge in [-0.1, -0.05) is 44.0 Å². The van der Waals surface area contributed by atoms with Crippen LogP contribution in [0.4, 0.5) is 11.8 Å². The minimum absolute atomic E-state index is 0.177. The number of benzene rings is 1. The molecular weight excluding hydrogens is 626 g/mol. The lowest BCUT2D eigenvalue weighted by molar-refractivity contribution is -0.143. The van der Waals surface area contributed by atoms with Gasteiger partial charge in [0.1, 0.15) is 5.82 Å². The molecule has 15 heteroatoms. The SMILES string of the molecule is CCCCCNc1nc(N)nc(C)c1Cc1ccc(CC(=O)OCCCCN(C)C)cc1.O=C(O)/C=C/C(=O)O.O=C(O)/C=C/C(=O)O. The van der Waals surface area contributed by atoms with Gasteiger partial charge < -0.3 is 41.1 Å². The number of aryl methyl sites for hydroxylation is 1. The van der Waals surface area contributed by atoms with Gasteiger partial charge in [-0.05, 0) is 58.0 Å². The van der Waals surface area contributed by atoms with Gasteiger partial charge in [-0.2, -0.15) is 4.98 Å². The monoisotopic (exact) mass is 673 g/mol. The Labute approximate surface area is 280 Å². The minimum atomic E-state index is -1.26. The summed E-state index contributed by atoms with van der Waals surface area (Å²) in [7, 11) is 4.09. The molecule has 0 saturated heterocycles. The van der Waals surface area contributed by atoms with E-state index in [1.165, 1.54) is 12.8 Å². The normalized spacial score (nSPS) is 10.5. The van der Waals surface area contributed by atoms with Crippen molar-refractivity contribution in [1.82, 2.24) is 14.9 Å². The van der Waals surface area contributed by atoms with E-state index in [0.717, 1.165) is 60.6 Å². The number of aromatic nitrogens is 2. The molecule has 0 atom stereocenters. The van der Waals surface area contributed by atoms with E-state index in [0.29, 0.717) is 49.7 Å². The molecule has 0 fully saturated rings. The van der Waals surface area contributed by atoms with E-state index in [4.69, 9.17) is 30.9 Å². The number of nitrogens with one attached hydrogen (secondary N) is 1. The first-order valence-corrected chi connectivity index (χ1v) is 15.2. The fourth-order valence-corrected chi connectivity index (χ4v) is 3.76. The van der Waals surface area contributed by atoms with E-state index >= 15 is 0 Å². The average Bonchev–Trinajstić information content (AvgIpc) is 3.00. The molecule has 0 radical (unpaired) electrons. The molecular formula is C33H47N5O10. The van der Waals surface area contributed by atoms with Crippen LogP contribution in [0.1, 0.15) is 61.4 Å². The van der Waals surface area contributed by atoms with Crippen LogP contribution in [0.15, 0.2) is 48.6 Å². The van der Waals surface area contributed by atoms with Gasteiger partial charge in [-0.15, -0.1) is 0 Å². The van der Waals surface area contributed by atoms with Crippen LogP contribution < -0.4 is 11.1 Å². The Hall–Kier alpha value is -5.31. The second-order valence-corrected chi connectivity index (χ2v) is 10.5. The van der Waals surface area contributed by atoms with Crippen molar-refractivity contribution in [3.8, 4) is 0 Å². The van der Waals surface area contributed by atoms with Gasteiger partial charge in [-0.3, -0.25) is 4.79 Å². The first-order chi connectivity index (χ1) is 22.6. The van der Waals surface area contributed by atoms with Crippen LogP contribution in [0.25, 0.3) is 0 Å². The summed E-state index contributed by atoms with van der Waals surface area (Å²) in [5, 5.41) is 34.7. The fourth-order valence-electron chi connectivity index (χ4n) is 3.76. The van der Waals surface area contributed by atoms with Gasteiger partial charge in [0.05, 0.1) is 13.0 Å². The van der Waals surface area contributed by atoms with Crippen molar-refractivity contribution in [2.75, 3.05) is 44.8 Å². The summed E-state index contributed by atoms with van der Waals surface area (Å²) in [6.07, 6.45) is 8.60. The number of carbonyl (C=O) groups is 5. The van der Waals surface area contributed by atoms with Crippen LogP contribution in [-0.4, -0.2) is 98.9 Å². The number of hydrogen-bond donors (Lipinski definition) is 6. The largest absolute Gasteiger partial charge is 0.478 e. The molecule has 48 heavy (non-hydrogen) atoms. The summed E-state index contributed by atoms with van der Waals surface area (Å²) in [5.41, 5.74) is 9.91. The van der Waals surface area contributed by atoms with E-state index in [1.54, 1.807) is 0 Å². The minimum Gasteiger partial charge on any atom is -0.478 e. The Balaban J connectivity index is 0.00000113. The van der Waals surface area contributed by atoms with Crippen molar-refractivity contribution >= 4 is 41.6 Å². The topological polar surface area (TPSA) is 243 Å². The van der Waals surface area contributed by atoms with Gasteiger partial charge in [0.15, 0.2) is 0 Å². The molecule has 2 rings (SSSR count). The van der Waals surface area contributed by atoms with E-state index in [2.05, 4.69) is 39.2 Å². The van der Waals surface area contributed by atoms with Gasteiger partial charge in [0.2, 0.25) is 5.95 Å². The summed E-state index contributed by atoms with van der Waals surface area (Å²) in [5.74, 6) is -4.10. The highest BCUT2D eigenvalue weighted by atomic mass is 16.5. The lowest BCUT2D eigenvalue weighted by Gasteiger charge is -2.14. The smallest absolute Gasteiger partial charge is 0.328 e. The number of nitrogens with zero attached hydrogens (tertiary/aromatic N) is 3. The Kier molecular flexibility index (Phi) is 22.1. The highest BCUT2D eigenvalue weighted by Gasteiger charge is 2.12. The van der Waals surface area contributed by atoms with E-state index in [1.807, 2.05) is 33.2 Å². The standard InChI is InChI=1S/C25H39N5O2.2C4H4O4/c1-5-6-7-14-27-24-22(19(2)28-25(26)29-24)17-20-10-12-21(13-11-20)18-23(31)32-16-9-8-15-30(3)4;2*5-3(6)1-2-4(7)8/h10-13H,5-9,14-18H2,1-4H3,(H3,26,27,28,29);2*1-2H,(H,5,6)(H,7,8)/b;2*2-1+.